The summed E-state index contributed by atoms with van der Waals surface area (Å²) in [6.07, 6.45) is -0.400. The maximum Gasteiger partial charge on any atom is 0.127 e. The Bertz CT molecular complexity index is 299. The molecule has 0 amide bonds. The number of halogens is 1. The normalized spacial score (nSPS) is 12.9. The lowest BCUT2D eigenvalue weighted by Gasteiger charge is -2.08. The Hall–Kier alpha value is -0.930. The third kappa shape index (κ3) is 3.44. The van der Waals surface area contributed by atoms with E-state index in [0.29, 0.717) is 18.7 Å². The highest BCUT2D eigenvalue weighted by Gasteiger charge is 2.02. The molecule has 3 heteroatoms. The van der Waals surface area contributed by atoms with Gasteiger partial charge in [-0.15, -0.1) is 0 Å². The maximum atomic E-state index is 13.2. The van der Waals surface area contributed by atoms with Crippen LogP contribution in [-0.2, 0) is 6.54 Å². The van der Waals surface area contributed by atoms with E-state index in [-0.39, 0.29) is 5.82 Å². The van der Waals surface area contributed by atoms with Gasteiger partial charge in [0.2, 0.25) is 0 Å². The van der Waals surface area contributed by atoms with E-state index in [9.17, 15) is 4.39 Å². The lowest BCUT2D eigenvalue weighted by atomic mass is 10.1. The smallest absolute Gasteiger partial charge is 0.127 e. The van der Waals surface area contributed by atoms with Crippen LogP contribution in [0.3, 0.4) is 0 Å². The molecule has 0 heterocycles. The molecule has 0 saturated carbocycles. The summed E-state index contributed by atoms with van der Waals surface area (Å²) >= 11 is 0. The van der Waals surface area contributed by atoms with Gasteiger partial charge in [0.1, 0.15) is 5.82 Å². The summed E-state index contributed by atoms with van der Waals surface area (Å²) in [6, 6.07) is 5.02. The van der Waals surface area contributed by atoms with Gasteiger partial charge < -0.3 is 10.4 Å². The Labute approximate surface area is 83.8 Å². The third-order valence-corrected chi connectivity index (χ3v) is 1.96. The van der Waals surface area contributed by atoms with Crippen molar-refractivity contribution < 1.29 is 9.50 Å². The Morgan fingerprint density at radius 1 is 1.50 bits per heavy atom. The molecule has 0 fully saturated rings. The highest BCUT2D eigenvalue weighted by molar-refractivity contribution is 5.23. The van der Waals surface area contributed by atoms with Crippen LogP contribution in [0, 0.1) is 12.7 Å². The van der Waals surface area contributed by atoms with Crippen LogP contribution >= 0.6 is 0 Å². The number of hydrogen-bond donors (Lipinski definition) is 2. The highest BCUT2D eigenvalue weighted by Crippen LogP contribution is 2.09. The molecule has 1 aromatic rings. The molecule has 0 radical (unpaired) electrons. The van der Waals surface area contributed by atoms with E-state index < -0.39 is 6.10 Å². The molecule has 0 aliphatic rings. The molecule has 0 saturated heterocycles. The summed E-state index contributed by atoms with van der Waals surface area (Å²) in [5.41, 5.74) is 1.69. The molecule has 1 atom stereocenters. The first-order valence-corrected chi connectivity index (χ1v) is 4.73. The van der Waals surface area contributed by atoms with Crippen LogP contribution in [0.1, 0.15) is 18.1 Å². The first-order chi connectivity index (χ1) is 6.59. The van der Waals surface area contributed by atoms with Crippen molar-refractivity contribution in [2.45, 2.75) is 26.5 Å². The van der Waals surface area contributed by atoms with Crippen LogP contribution in [0.2, 0.25) is 0 Å². The summed E-state index contributed by atoms with van der Waals surface area (Å²) in [7, 11) is 0. The number of nitrogens with one attached hydrogen (secondary N) is 1. The molecule has 0 bridgehead atoms. The van der Waals surface area contributed by atoms with Gasteiger partial charge in [-0.3, -0.25) is 0 Å². The molecule has 1 rings (SSSR count). The molecular weight excluding hydrogens is 181 g/mol. The number of hydrogen-bond acceptors (Lipinski definition) is 2. The van der Waals surface area contributed by atoms with E-state index >= 15 is 0 Å². The van der Waals surface area contributed by atoms with Crippen LogP contribution in [0.15, 0.2) is 18.2 Å². The quantitative estimate of drug-likeness (QED) is 0.768. The van der Waals surface area contributed by atoms with Gasteiger partial charge in [-0.05, 0) is 19.9 Å². The summed E-state index contributed by atoms with van der Waals surface area (Å²) in [6.45, 7) is 4.56. The Morgan fingerprint density at radius 3 is 2.86 bits per heavy atom. The van der Waals surface area contributed by atoms with Gasteiger partial charge in [0, 0.05) is 18.7 Å². The monoisotopic (exact) mass is 197 g/mol. The van der Waals surface area contributed by atoms with Crippen LogP contribution < -0.4 is 5.32 Å². The highest BCUT2D eigenvalue weighted by atomic mass is 19.1. The first kappa shape index (κ1) is 11.1. The summed E-state index contributed by atoms with van der Waals surface area (Å²) in [4.78, 5) is 0. The number of rotatable bonds is 4. The van der Waals surface area contributed by atoms with E-state index in [2.05, 4.69) is 5.32 Å². The molecule has 14 heavy (non-hydrogen) atoms. The second-order valence-corrected chi connectivity index (χ2v) is 3.57. The fourth-order valence-electron chi connectivity index (χ4n) is 1.25. The minimum atomic E-state index is -0.400. The summed E-state index contributed by atoms with van der Waals surface area (Å²) in [5, 5.41) is 12.0. The molecule has 0 aliphatic carbocycles. The van der Waals surface area contributed by atoms with Gasteiger partial charge in [0.15, 0.2) is 0 Å². The van der Waals surface area contributed by atoms with Crippen LogP contribution in [0.5, 0.6) is 0 Å². The largest absolute Gasteiger partial charge is 0.392 e. The second-order valence-electron chi connectivity index (χ2n) is 3.57. The van der Waals surface area contributed by atoms with Gasteiger partial charge in [-0.25, -0.2) is 4.39 Å². The topological polar surface area (TPSA) is 32.3 Å². The van der Waals surface area contributed by atoms with E-state index in [4.69, 9.17) is 5.11 Å². The Balaban J connectivity index is 2.53. The van der Waals surface area contributed by atoms with Crippen molar-refractivity contribution >= 4 is 0 Å². The van der Waals surface area contributed by atoms with Gasteiger partial charge in [-0.2, -0.15) is 0 Å². The molecule has 0 aliphatic heterocycles. The molecule has 78 valence electrons. The lowest BCUT2D eigenvalue weighted by Crippen LogP contribution is -2.24. The molecule has 1 unspecified atom stereocenters. The lowest BCUT2D eigenvalue weighted by molar-refractivity contribution is 0.191. The van der Waals surface area contributed by atoms with Gasteiger partial charge in [0.25, 0.3) is 0 Å². The van der Waals surface area contributed by atoms with Crippen LogP contribution in [0.25, 0.3) is 0 Å². The maximum absolute atomic E-state index is 13.2. The SMILES string of the molecule is Cc1ccc(F)c(CNCC(C)O)c1. The van der Waals surface area contributed by atoms with Crippen molar-refractivity contribution in [3.05, 3.63) is 35.1 Å². The van der Waals surface area contributed by atoms with Crippen molar-refractivity contribution in [1.29, 1.82) is 0 Å². The first-order valence-electron chi connectivity index (χ1n) is 4.73. The van der Waals surface area contributed by atoms with Crippen molar-refractivity contribution in [3.8, 4) is 0 Å². The van der Waals surface area contributed by atoms with Gasteiger partial charge in [0.05, 0.1) is 6.10 Å². The number of aryl methyl sites for hydroxylation is 1. The summed E-state index contributed by atoms with van der Waals surface area (Å²) in [5.74, 6) is -0.200. The van der Waals surface area contributed by atoms with E-state index in [1.54, 1.807) is 13.0 Å². The zero-order chi connectivity index (χ0) is 10.6. The van der Waals surface area contributed by atoms with Crippen molar-refractivity contribution in [2.24, 2.45) is 0 Å². The van der Waals surface area contributed by atoms with E-state index in [1.807, 2.05) is 13.0 Å². The van der Waals surface area contributed by atoms with Gasteiger partial charge in [-0.1, -0.05) is 17.7 Å². The summed E-state index contributed by atoms with van der Waals surface area (Å²) < 4.78 is 13.2. The molecule has 1 aromatic carbocycles. The zero-order valence-corrected chi connectivity index (χ0v) is 8.55. The Morgan fingerprint density at radius 2 is 2.21 bits per heavy atom. The minimum Gasteiger partial charge on any atom is -0.392 e. The minimum absolute atomic E-state index is 0.200. The van der Waals surface area contributed by atoms with Gasteiger partial charge >= 0.3 is 0 Å². The second kappa shape index (κ2) is 5.08. The average Bonchev–Trinajstić information content (AvgIpc) is 2.10. The zero-order valence-electron chi connectivity index (χ0n) is 8.55. The molecule has 2 nitrogen and oxygen atoms in total. The predicted molar refractivity (Wildman–Crippen MR) is 54.5 cm³/mol. The van der Waals surface area contributed by atoms with Crippen molar-refractivity contribution in [3.63, 3.8) is 0 Å². The van der Waals surface area contributed by atoms with Crippen LogP contribution in [0.4, 0.5) is 4.39 Å². The standard InChI is InChI=1S/C11H16FNO/c1-8-3-4-11(12)10(5-8)7-13-6-9(2)14/h3-5,9,13-14H,6-7H2,1-2H3. The number of aliphatic hydroxyl groups excluding tert-OH is 1. The molecular formula is C11H16FNO. The molecule has 0 spiro atoms. The fourth-order valence-corrected chi connectivity index (χ4v) is 1.25. The van der Waals surface area contributed by atoms with E-state index in [1.165, 1.54) is 6.07 Å². The number of benzene rings is 1. The predicted octanol–water partition coefficient (Wildman–Crippen LogP) is 1.60. The fraction of sp³-hybridized carbons (Fsp3) is 0.455. The molecule has 2 N–H and O–H groups in total. The van der Waals surface area contributed by atoms with E-state index in [0.717, 1.165) is 5.56 Å². The number of aliphatic hydroxyl groups is 1. The van der Waals surface area contributed by atoms with Crippen molar-refractivity contribution in [2.75, 3.05) is 6.54 Å². The third-order valence-electron chi connectivity index (χ3n) is 1.96. The van der Waals surface area contributed by atoms with Crippen molar-refractivity contribution in [1.82, 2.24) is 5.32 Å². The Kier molecular flexibility index (Phi) is 4.04. The average molecular weight is 197 g/mol. The molecule has 0 aromatic heterocycles. The van der Waals surface area contributed by atoms with Crippen LogP contribution in [-0.4, -0.2) is 17.8 Å².